The van der Waals surface area contributed by atoms with E-state index in [9.17, 15) is 9.90 Å². The molecule has 1 atom stereocenters. The number of carbonyl (C=O) groups is 1. The molecule has 2 aromatic rings. The molecule has 1 aliphatic carbocycles. The molecule has 0 radical (unpaired) electrons. The van der Waals surface area contributed by atoms with E-state index in [2.05, 4.69) is 10.1 Å². The standard InChI is InChI=1S/C22H19N3O3/c26-18-11-5-4-10-16(18)20-23-21-17(13-14-7-1-6-12-19(14)28-21)22(27)25(20)24-15-8-2-3-9-15/h1,4-7,10-13,20,26H,2-3,8-9H2. The Morgan fingerprint density at radius 3 is 2.64 bits per heavy atom. The summed E-state index contributed by atoms with van der Waals surface area (Å²) in [5.74, 6) is 0.723. The van der Waals surface area contributed by atoms with Gasteiger partial charge in [-0.1, -0.05) is 36.4 Å². The number of nitrogens with zero attached hydrogens (tertiary/aromatic N) is 3. The van der Waals surface area contributed by atoms with Gasteiger partial charge in [-0.05, 0) is 43.9 Å². The number of fused-ring (bicyclic) bond motifs is 2. The Labute approximate surface area is 162 Å². The SMILES string of the molecule is O=C1C2=Cc3ccccc3OC2=NC(c2ccccc2O)N1N=C1CCCC1. The second-order valence-corrected chi connectivity index (χ2v) is 7.09. The fourth-order valence-electron chi connectivity index (χ4n) is 3.76. The molecule has 1 fully saturated rings. The summed E-state index contributed by atoms with van der Waals surface area (Å²) in [4.78, 5) is 18.0. The summed E-state index contributed by atoms with van der Waals surface area (Å²) in [5, 5.41) is 16.4. The summed E-state index contributed by atoms with van der Waals surface area (Å²) < 4.78 is 5.92. The average molecular weight is 373 g/mol. The fourth-order valence-corrected chi connectivity index (χ4v) is 3.76. The quantitative estimate of drug-likeness (QED) is 0.863. The minimum absolute atomic E-state index is 0.0740. The van der Waals surface area contributed by atoms with E-state index in [0.717, 1.165) is 37.0 Å². The highest BCUT2D eigenvalue weighted by Gasteiger charge is 2.39. The number of phenols is 1. The number of benzene rings is 2. The Morgan fingerprint density at radius 2 is 1.82 bits per heavy atom. The van der Waals surface area contributed by atoms with Crippen LogP contribution in [-0.4, -0.2) is 27.6 Å². The molecule has 140 valence electrons. The fraction of sp³-hybridized carbons (Fsp3) is 0.227. The highest BCUT2D eigenvalue weighted by Crippen LogP contribution is 2.38. The van der Waals surface area contributed by atoms with Gasteiger partial charge in [-0.3, -0.25) is 4.79 Å². The number of hydrogen-bond donors (Lipinski definition) is 1. The molecule has 3 aliphatic rings. The smallest absolute Gasteiger partial charge is 0.281 e. The van der Waals surface area contributed by atoms with Gasteiger partial charge in [0.2, 0.25) is 5.90 Å². The number of carbonyl (C=O) groups excluding carboxylic acids is 1. The van der Waals surface area contributed by atoms with E-state index in [-0.39, 0.29) is 17.6 Å². The van der Waals surface area contributed by atoms with Crippen molar-refractivity contribution in [3.05, 3.63) is 65.2 Å². The molecule has 2 aliphatic heterocycles. The third-order valence-corrected chi connectivity index (χ3v) is 5.21. The van der Waals surface area contributed by atoms with Crippen LogP contribution in [0.3, 0.4) is 0 Å². The van der Waals surface area contributed by atoms with Crippen LogP contribution < -0.4 is 4.74 Å². The van der Waals surface area contributed by atoms with E-state index in [1.165, 1.54) is 5.01 Å². The Hall–Kier alpha value is -3.41. The Morgan fingerprint density at radius 1 is 1.07 bits per heavy atom. The van der Waals surface area contributed by atoms with Gasteiger partial charge in [0.25, 0.3) is 5.91 Å². The lowest BCUT2D eigenvalue weighted by molar-refractivity contribution is -0.129. The molecule has 6 nitrogen and oxygen atoms in total. The van der Waals surface area contributed by atoms with Gasteiger partial charge in [0.05, 0.1) is 0 Å². The van der Waals surface area contributed by atoms with Crippen LogP contribution in [0.2, 0.25) is 0 Å². The Bertz CT molecular complexity index is 1050. The van der Waals surface area contributed by atoms with Crippen LogP contribution >= 0.6 is 0 Å². The molecule has 0 spiro atoms. The van der Waals surface area contributed by atoms with Crippen molar-refractivity contribution >= 4 is 23.6 Å². The number of hydrogen-bond acceptors (Lipinski definition) is 5. The van der Waals surface area contributed by atoms with E-state index >= 15 is 0 Å². The lowest BCUT2D eigenvalue weighted by Crippen LogP contribution is -2.40. The molecule has 0 aromatic heterocycles. The van der Waals surface area contributed by atoms with Crippen molar-refractivity contribution < 1.29 is 14.6 Å². The van der Waals surface area contributed by atoms with Crippen molar-refractivity contribution in [3.8, 4) is 11.5 Å². The van der Waals surface area contributed by atoms with Gasteiger partial charge in [-0.25, -0.2) is 4.99 Å². The number of amides is 1. The molecule has 0 bridgehead atoms. The van der Waals surface area contributed by atoms with E-state index in [1.807, 2.05) is 30.3 Å². The van der Waals surface area contributed by atoms with E-state index < -0.39 is 6.17 Å². The van der Waals surface area contributed by atoms with Gasteiger partial charge >= 0.3 is 0 Å². The predicted octanol–water partition coefficient (Wildman–Crippen LogP) is 4.04. The van der Waals surface area contributed by atoms with Gasteiger partial charge < -0.3 is 9.84 Å². The third-order valence-electron chi connectivity index (χ3n) is 5.21. The molecule has 0 saturated heterocycles. The molecule has 1 amide bonds. The normalized spacial score (nSPS) is 20.7. The summed E-state index contributed by atoms with van der Waals surface area (Å²) in [5.41, 5.74) is 2.73. The molecular formula is C22H19N3O3. The highest BCUT2D eigenvalue weighted by molar-refractivity contribution is 6.24. The largest absolute Gasteiger partial charge is 0.508 e. The topological polar surface area (TPSA) is 74.5 Å². The van der Waals surface area contributed by atoms with E-state index in [1.54, 1.807) is 24.3 Å². The first-order chi connectivity index (χ1) is 13.7. The number of rotatable bonds is 2. The van der Waals surface area contributed by atoms with Crippen LogP contribution in [0.4, 0.5) is 0 Å². The zero-order valence-electron chi connectivity index (χ0n) is 15.2. The van der Waals surface area contributed by atoms with Crippen molar-refractivity contribution in [2.24, 2.45) is 10.1 Å². The number of phenolic OH excluding ortho intramolecular Hbond substituents is 1. The molecule has 2 heterocycles. The van der Waals surface area contributed by atoms with Crippen molar-refractivity contribution in [2.45, 2.75) is 31.8 Å². The highest BCUT2D eigenvalue weighted by atomic mass is 16.5. The maximum absolute atomic E-state index is 13.4. The first-order valence-corrected chi connectivity index (χ1v) is 9.45. The number of aliphatic imine (C=N–C) groups is 1. The van der Waals surface area contributed by atoms with Gasteiger partial charge in [0, 0.05) is 16.8 Å². The van der Waals surface area contributed by atoms with Crippen molar-refractivity contribution in [3.63, 3.8) is 0 Å². The zero-order chi connectivity index (χ0) is 19.1. The van der Waals surface area contributed by atoms with E-state index in [0.29, 0.717) is 16.9 Å². The third kappa shape index (κ3) is 2.78. The lowest BCUT2D eigenvalue weighted by atomic mass is 10.0. The number of para-hydroxylation sites is 2. The average Bonchev–Trinajstić information content (AvgIpc) is 3.23. The molecule has 1 unspecified atom stereocenters. The van der Waals surface area contributed by atoms with Crippen molar-refractivity contribution in [1.82, 2.24) is 5.01 Å². The van der Waals surface area contributed by atoms with Crippen LogP contribution in [0.5, 0.6) is 11.5 Å². The minimum atomic E-state index is -0.765. The molecule has 1 N–H and O–H groups in total. The predicted molar refractivity (Wildman–Crippen MR) is 106 cm³/mol. The lowest BCUT2D eigenvalue weighted by Gasteiger charge is -2.33. The van der Waals surface area contributed by atoms with Crippen LogP contribution in [0.1, 0.15) is 43.0 Å². The Balaban J connectivity index is 1.65. The van der Waals surface area contributed by atoms with Gasteiger partial charge in [0.15, 0.2) is 6.17 Å². The zero-order valence-corrected chi connectivity index (χ0v) is 15.2. The van der Waals surface area contributed by atoms with Gasteiger partial charge in [-0.15, -0.1) is 0 Å². The maximum Gasteiger partial charge on any atom is 0.281 e. The van der Waals surface area contributed by atoms with Crippen molar-refractivity contribution in [2.75, 3.05) is 0 Å². The summed E-state index contributed by atoms with van der Waals surface area (Å²) in [7, 11) is 0. The number of hydrazone groups is 1. The second-order valence-electron chi connectivity index (χ2n) is 7.09. The summed E-state index contributed by atoms with van der Waals surface area (Å²) in [6.07, 6.45) is 4.95. The molecule has 5 rings (SSSR count). The molecule has 6 heteroatoms. The first kappa shape index (κ1) is 16.7. The van der Waals surface area contributed by atoms with Crippen LogP contribution in [0, 0.1) is 0 Å². The van der Waals surface area contributed by atoms with Crippen LogP contribution in [0.15, 0.2) is 64.2 Å². The van der Waals surface area contributed by atoms with Gasteiger partial charge in [-0.2, -0.15) is 10.1 Å². The molecule has 28 heavy (non-hydrogen) atoms. The number of aromatic hydroxyl groups is 1. The number of ether oxygens (including phenoxy) is 1. The summed E-state index contributed by atoms with van der Waals surface area (Å²) in [6.45, 7) is 0. The van der Waals surface area contributed by atoms with Gasteiger partial charge in [0.1, 0.15) is 17.1 Å². The van der Waals surface area contributed by atoms with Crippen molar-refractivity contribution in [1.29, 1.82) is 0 Å². The summed E-state index contributed by atoms with van der Waals surface area (Å²) in [6, 6.07) is 14.4. The van der Waals surface area contributed by atoms with E-state index in [4.69, 9.17) is 4.74 Å². The monoisotopic (exact) mass is 373 g/mol. The molecule has 1 saturated carbocycles. The maximum atomic E-state index is 13.4. The van der Waals surface area contributed by atoms with Crippen LogP contribution in [0.25, 0.3) is 6.08 Å². The molecular weight excluding hydrogens is 354 g/mol. The minimum Gasteiger partial charge on any atom is -0.508 e. The summed E-state index contributed by atoms with van der Waals surface area (Å²) >= 11 is 0. The Kier molecular flexibility index (Phi) is 3.97. The first-order valence-electron chi connectivity index (χ1n) is 9.45. The second kappa shape index (κ2) is 6.64. The molecule has 2 aromatic carbocycles. The van der Waals surface area contributed by atoms with Crippen LogP contribution in [-0.2, 0) is 4.79 Å².